The number of aromatic nitrogens is 1. The van der Waals surface area contributed by atoms with Crippen molar-refractivity contribution in [3.63, 3.8) is 0 Å². The maximum atomic E-state index is 11.0. The Hall–Kier alpha value is -0.870. The van der Waals surface area contributed by atoms with Crippen molar-refractivity contribution in [3.05, 3.63) is 29.1 Å². The normalized spacial score (nSPS) is 10.4. The van der Waals surface area contributed by atoms with Gasteiger partial charge in [-0.1, -0.05) is 30.8 Å². The summed E-state index contributed by atoms with van der Waals surface area (Å²) < 4.78 is 4.11. The lowest BCUT2D eigenvalue weighted by Gasteiger charge is -1.87. The van der Waals surface area contributed by atoms with Crippen LogP contribution < -0.4 is 0 Å². The fourth-order valence-corrected chi connectivity index (χ4v) is 1.98. The van der Waals surface area contributed by atoms with Crippen molar-refractivity contribution in [2.75, 3.05) is 0 Å². The minimum Gasteiger partial charge on any atom is -0.281 e. The molecular weight excluding hydrogens is 190 g/mol. The van der Waals surface area contributed by atoms with Gasteiger partial charge in [-0.3, -0.25) is 4.79 Å². The third-order valence-corrected chi connectivity index (χ3v) is 2.83. The van der Waals surface area contributed by atoms with Crippen LogP contribution in [0.1, 0.15) is 9.67 Å². The lowest BCUT2D eigenvalue weighted by atomic mass is 10.2. The number of thiol groups is 1. The second kappa shape index (κ2) is 2.88. The second-order valence-electron chi connectivity index (χ2n) is 2.33. The van der Waals surface area contributed by atoms with E-state index in [1.165, 1.54) is 11.5 Å². The monoisotopic (exact) mass is 195 g/mol. The molecule has 0 aliphatic heterocycles. The fraction of sp³-hybridized carbons (Fsp3) is 0. The van der Waals surface area contributed by atoms with Gasteiger partial charge in [-0.2, -0.15) is 4.37 Å². The molecule has 0 spiro atoms. The van der Waals surface area contributed by atoms with E-state index in [4.69, 9.17) is 0 Å². The molecule has 12 heavy (non-hydrogen) atoms. The zero-order valence-electron chi connectivity index (χ0n) is 6.02. The first kappa shape index (κ1) is 7.76. The standard InChI is InChI=1S/C8H5NOS2/c10-8(11)7-5-3-1-2-4-6(5)9-12-7/h1-4H,(H,10,11). The zero-order chi connectivity index (χ0) is 8.55. The number of rotatable bonds is 1. The van der Waals surface area contributed by atoms with Crippen LogP contribution in [0.15, 0.2) is 24.3 Å². The van der Waals surface area contributed by atoms with Crippen LogP contribution in [0.4, 0.5) is 0 Å². The average Bonchev–Trinajstić information content (AvgIpc) is 2.47. The summed E-state index contributed by atoms with van der Waals surface area (Å²) in [6.45, 7) is 0. The fourth-order valence-electron chi connectivity index (χ4n) is 1.04. The number of carbonyl (C=O) groups is 1. The Balaban J connectivity index is 2.79. The molecule has 0 aliphatic carbocycles. The van der Waals surface area contributed by atoms with Crippen molar-refractivity contribution in [1.82, 2.24) is 4.37 Å². The quantitative estimate of drug-likeness (QED) is 0.708. The van der Waals surface area contributed by atoms with E-state index in [1.54, 1.807) is 0 Å². The summed E-state index contributed by atoms with van der Waals surface area (Å²) in [5.74, 6) is 0. The van der Waals surface area contributed by atoms with Gasteiger partial charge in [-0.25, -0.2) is 0 Å². The van der Waals surface area contributed by atoms with Crippen LogP contribution in [-0.2, 0) is 0 Å². The highest BCUT2D eigenvalue weighted by molar-refractivity contribution is 7.97. The maximum absolute atomic E-state index is 11.0. The third kappa shape index (κ3) is 1.13. The summed E-state index contributed by atoms with van der Waals surface area (Å²) >= 11 is 4.96. The van der Waals surface area contributed by atoms with Gasteiger partial charge in [0.25, 0.3) is 0 Å². The van der Waals surface area contributed by atoms with Gasteiger partial charge < -0.3 is 0 Å². The van der Waals surface area contributed by atoms with E-state index < -0.39 is 0 Å². The van der Waals surface area contributed by atoms with Gasteiger partial charge in [0.2, 0.25) is 5.12 Å². The van der Waals surface area contributed by atoms with Gasteiger partial charge in [-0.15, -0.1) is 0 Å². The first-order valence-electron chi connectivity index (χ1n) is 3.37. The lowest BCUT2D eigenvalue weighted by molar-refractivity contribution is 0.109. The minimum atomic E-state index is -0.214. The van der Waals surface area contributed by atoms with Crippen molar-refractivity contribution in [1.29, 1.82) is 0 Å². The van der Waals surface area contributed by atoms with Crippen molar-refractivity contribution in [2.24, 2.45) is 0 Å². The Kier molecular flexibility index (Phi) is 1.86. The topological polar surface area (TPSA) is 30.0 Å². The molecule has 0 N–H and O–H groups in total. The van der Waals surface area contributed by atoms with Crippen LogP contribution in [0, 0.1) is 0 Å². The van der Waals surface area contributed by atoms with Gasteiger partial charge in [0, 0.05) is 5.39 Å². The predicted octanol–water partition coefficient (Wildman–Crippen LogP) is 2.37. The van der Waals surface area contributed by atoms with Crippen LogP contribution in [0.25, 0.3) is 10.9 Å². The highest BCUT2D eigenvalue weighted by Gasteiger charge is 2.08. The van der Waals surface area contributed by atoms with Crippen LogP contribution in [0.2, 0.25) is 0 Å². The van der Waals surface area contributed by atoms with Crippen molar-refractivity contribution >= 4 is 40.2 Å². The molecule has 0 aliphatic rings. The van der Waals surface area contributed by atoms with Gasteiger partial charge in [0.15, 0.2) is 0 Å². The van der Waals surface area contributed by atoms with Crippen LogP contribution in [0.5, 0.6) is 0 Å². The Bertz CT molecular complexity index is 435. The van der Waals surface area contributed by atoms with E-state index in [0.29, 0.717) is 4.88 Å². The number of hydrogen-bond acceptors (Lipinski definition) is 3. The van der Waals surface area contributed by atoms with Crippen molar-refractivity contribution in [2.45, 2.75) is 0 Å². The molecule has 1 heterocycles. The Morgan fingerprint density at radius 1 is 1.42 bits per heavy atom. The van der Waals surface area contributed by atoms with Gasteiger partial charge in [0.1, 0.15) is 4.88 Å². The molecule has 4 heteroatoms. The molecule has 2 nitrogen and oxygen atoms in total. The van der Waals surface area contributed by atoms with E-state index in [2.05, 4.69) is 17.0 Å². The molecule has 1 aromatic carbocycles. The van der Waals surface area contributed by atoms with Crippen LogP contribution in [0.3, 0.4) is 0 Å². The average molecular weight is 195 g/mol. The van der Waals surface area contributed by atoms with Crippen LogP contribution >= 0.6 is 24.2 Å². The van der Waals surface area contributed by atoms with E-state index >= 15 is 0 Å². The van der Waals surface area contributed by atoms with Crippen molar-refractivity contribution < 1.29 is 4.79 Å². The highest BCUT2D eigenvalue weighted by Crippen LogP contribution is 2.22. The molecule has 0 radical (unpaired) electrons. The first-order chi connectivity index (χ1) is 5.79. The summed E-state index contributed by atoms with van der Waals surface area (Å²) in [4.78, 5) is 11.6. The molecule has 0 saturated carbocycles. The first-order valence-corrected chi connectivity index (χ1v) is 4.59. The van der Waals surface area contributed by atoms with Gasteiger partial charge in [-0.05, 0) is 17.6 Å². The highest BCUT2D eigenvalue weighted by atomic mass is 32.1. The number of benzene rings is 1. The maximum Gasteiger partial charge on any atom is 0.228 e. The smallest absolute Gasteiger partial charge is 0.228 e. The molecule has 2 aromatic rings. The molecule has 0 saturated heterocycles. The van der Waals surface area contributed by atoms with Gasteiger partial charge in [0.05, 0.1) is 5.52 Å². The van der Waals surface area contributed by atoms with E-state index in [9.17, 15) is 4.79 Å². The molecule has 0 bridgehead atoms. The Labute approximate surface area is 78.8 Å². The second-order valence-corrected chi connectivity index (χ2v) is 3.51. The van der Waals surface area contributed by atoms with E-state index in [1.807, 2.05) is 24.3 Å². The molecule has 60 valence electrons. The number of fused-ring (bicyclic) bond motifs is 1. The molecule has 0 amide bonds. The predicted molar refractivity (Wildman–Crippen MR) is 52.9 cm³/mol. The summed E-state index contributed by atoms with van der Waals surface area (Å²) in [6, 6.07) is 7.54. The van der Waals surface area contributed by atoms with E-state index in [-0.39, 0.29) is 5.12 Å². The zero-order valence-corrected chi connectivity index (χ0v) is 7.73. The summed E-state index contributed by atoms with van der Waals surface area (Å²) in [6.07, 6.45) is 0. The number of carbonyl (C=O) groups excluding carboxylic acids is 1. The van der Waals surface area contributed by atoms with Crippen LogP contribution in [-0.4, -0.2) is 9.49 Å². The molecule has 0 atom stereocenters. The molecule has 2 rings (SSSR count). The molecule has 0 unspecified atom stereocenters. The van der Waals surface area contributed by atoms with Gasteiger partial charge >= 0.3 is 0 Å². The molecule has 1 aromatic heterocycles. The van der Waals surface area contributed by atoms with Crippen molar-refractivity contribution in [3.8, 4) is 0 Å². The summed E-state index contributed by atoms with van der Waals surface area (Å²) in [7, 11) is 0. The summed E-state index contributed by atoms with van der Waals surface area (Å²) in [5.41, 5.74) is 0.861. The summed E-state index contributed by atoms with van der Waals surface area (Å²) in [5, 5.41) is 0.677. The Morgan fingerprint density at radius 2 is 2.17 bits per heavy atom. The SMILES string of the molecule is O=C(S)c1snc2ccccc12. The largest absolute Gasteiger partial charge is 0.281 e. The third-order valence-electron chi connectivity index (χ3n) is 1.58. The number of nitrogens with zero attached hydrogens (tertiary/aromatic N) is 1. The minimum absolute atomic E-state index is 0.214. The molecular formula is C8H5NOS2. The Morgan fingerprint density at radius 3 is 2.92 bits per heavy atom. The molecule has 0 fully saturated rings. The number of hydrogen-bond donors (Lipinski definition) is 1. The lowest BCUT2D eigenvalue weighted by Crippen LogP contribution is -1.82. The van der Waals surface area contributed by atoms with E-state index in [0.717, 1.165) is 10.9 Å².